The molecule has 0 aliphatic carbocycles. The lowest BCUT2D eigenvalue weighted by Crippen LogP contribution is -1.99. The van der Waals surface area contributed by atoms with Gasteiger partial charge in [-0.2, -0.15) is 0 Å². The molecule has 0 spiro atoms. The van der Waals surface area contributed by atoms with E-state index in [0.29, 0.717) is 12.4 Å². The Hall–Kier alpha value is -1.46. The van der Waals surface area contributed by atoms with Crippen LogP contribution in [0.25, 0.3) is 0 Å². The minimum absolute atomic E-state index is 0.259. The van der Waals surface area contributed by atoms with Crippen LogP contribution in [-0.2, 0) is 6.42 Å². The Bertz CT molecular complexity index is 511. The number of nitrogens with zero attached hydrogens (tertiary/aromatic N) is 1. The molecule has 0 atom stereocenters. The van der Waals surface area contributed by atoms with Crippen LogP contribution in [-0.4, -0.2) is 28.6 Å². The lowest BCUT2D eigenvalue weighted by atomic mass is 10.2. The molecule has 1 N–H and O–H groups in total. The zero-order chi connectivity index (χ0) is 16.0. The van der Waals surface area contributed by atoms with Crippen LogP contribution in [0, 0.1) is 5.82 Å². The lowest BCUT2D eigenvalue weighted by Gasteiger charge is -2.04. The zero-order valence-corrected chi connectivity index (χ0v) is 14.0. The number of hydrogen-bond acceptors (Lipinski definition) is 3. The summed E-state index contributed by atoms with van der Waals surface area (Å²) >= 11 is 3.27. The molecule has 0 bridgehead atoms. The van der Waals surface area contributed by atoms with E-state index in [4.69, 9.17) is 9.84 Å². The van der Waals surface area contributed by atoms with Gasteiger partial charge in [-0.05, 0) is 43.0 Å². The second kappa shape index (κ2) is 12.1. The Balaban J connectivity index is 0.000000224. The molecule has 2 rings (SSSR count). The number of aliphatic hydroxyl groups excluding tert-OH is 1. The fourth-order valence-electron chi connectivity index (χ4n) is 1.63. The van der Waals surface area contributed by atoms with Crippen LogP contribution in [0.5, 0.6) is 5.75 Å². The summed E-state index contributed by atoms with van der Waals surface area (Å²) in [7, 11) is 0. The standard InChI is InChI=1S/C9H10BrFO.C8H11NO/c10-6-3-7-12-9-5-2-1-4-8(9)11;10-6-2-4-8-3-1-5-9-7-8/h1-2,4-5H,3,6-7H2;1,3,5,7,10H,2,4,6H2. The van der Waals surface area contributed by atoms with E-state index in [2.05, 4.69) is 20.9 Å². The molecule has 1 heterocycles. The number of aromatic nitrogens is 1. The molecule has 0 fully saturated rings. The molecule has 3 nitrogen and oxygen atoms in total. The van der Waals surface area contributed by atoms with Gasteiger partial charge < -0.3 is 9.84 Å². The highest BCUT2D eigenvalue weighted by atomic mass is 79.9. The molecule has 1 aromatic carbocycles. The normalized spacial score (nSPS) is 9.77. The molecule has 0 radical (unpaired) electrons. The number of ether oxygens (including phenoxy) is 1. The fourth-order valence-corrected chi connectivity index (χ4v) is 1.86. The Kier molecular flexibility index (Phi) is 10.2. The van der Waals surface area contributed by atoms with Gasteiger partial charge in [0.15, 0.2) is 11.6 Å². The molecule has 0 saturated heterocycles. The average Bonchev–Trinajstić information content (AvgIpc) is 2.56. The van der Waals surface area contributed by atoms with Crippen LogP contribution >= 0.6 is 15.9 Å². The van der Waals surface area contributed by atoms with Gasteiger partial charge in [-0.15, -0.1) is 0 Å². The van der Waals surface area contributed by atoms with Crippen LogP contribution < -0.4 is 4.74 Å². The van der Waals surface area contributed by atoms with E-state index in [1.54, 1.807) is 24.4 Å². The number of para-hydroxylation sites is 1. The van der Waals surface area contributed by atoms with Crippen molar-refractivity contribution in [2.45, 2.75) is 19.3 Å². The van der Waals surface area contributed by atoms with E-state index >= 15 is 0 Å². The monoisotopic (exact) mass is 369 g/mol. The van der Waals surface area contributed by atoms with Gasteiger partial charge in [0.05, 0.1) is 6.61 Å². The summed E-state index contributed by atoms with van der Waals surface area (Å²) < 4.78 is 18.1. The number of pyridine rings is 1. The van der Waals surface area contributed by atoms with Crippen molar-refractivity contribution < 1.29 is 14.2 Å². The Labute approximate surface area is 139 Å². The maximum atomic E-state index is 12.9. The fraction of sp³-hybridized carbons (Fsp3) is 0.353. The van der Waals surface area contributed by atoms with Crippen molar-refractivity contribution in [3.05, 3.63) is 60.2 Å². The molecular weight excluding hydrogens is 349 g/mol. The first-order valence-electron chi connectivity index (χ1n) is 7.21. The van der Waals surface area contributed by atoms with Crippen molar-refractivity contribution >= 4 is 15.9 Å². The third-order valence-electron chi connectivity index (χ3n) is 2.72. The Morgan fingerprint density at radius 1 is 1.14 bits per heavy atom. The van der Waals surface area contributed by atoms with E-state index in [0.717, 1.165) is 24.6 Å². The topological polar surface area (TPSA) is 42.4 Å². The number of rotatable bonds is 7. The van der Waals surface area contributed by atoms with Crippen molar-refractivity contribution in [2.75, 3.05) is 18.5 Å². The van der Waals surface area contributed by atoms with Crippen LogP contribution in [0.2, 0.25) is 0 Å². The Morgan fingerprint density at radius 3 is 2.59 bits per heavy atom. The predicted octanol–water partition coefficient (Wildman–Crippen LogP) is 4.00. The second-order valence-corrected chi connectivity index (χ2v) is 5.30. The molecule has 5 heteroatoms. The van der Waals surface area contributed by atoms with Gasteiger partial charge in [-0.25, -0.2) is 4.39 Å². The van der Waals surface area contributed by atoms with Gasteiger partial charge in [0.25, 0.3) is 0 Å². The molecule has 120 valence electrons. The molecule has 0 unspecified atom stereocenters. The first kappa shape index (κ1) is 18.6. The highest BCUT2D eigenvalue weighted by Gasteiger charge is 1.99. The van der Waals surface area contributed by atoms with Crippen molar-refractivity contribution in [3.63, 3.8) is 0 Å². The minimum Gasteiger partial charge on any atom is -0.490 e. The summed E-state index contributed by atoms with van der Waals surface area (Å²) in [4.78, 5) is 3.96. The van der Waals surface area contributed by atoms with Crippen molar-refractivity contribution in [1.82, 2.24) is 4.98 Å². The van der Waals surface area contributed by atoms with Crippen LogP contribution in [0.1, 0.15) is 18.4 Å². The second-order valence-electron chi connectivity index (χ2n) is 4.51. The van der Waals surface area contributed by atoms with Crippen molar-refractivity contribution in [3.8, 4) is 5.75 Å². The van der Waals surface area contributed by atoms with Crippen LogP contribution in [0.3, 0.4) is 0 Å². The molecule has 0 aliphatic rings. The first-order valence-corrected chi connectivity index (χ1v) is 8.33. The summed E-state index contributed by atoms with van der Waals surface area (Å²) in [6.45, 7) is 0.807. The summed E-state index contributed by atoms with van der Waals surface area (Å²) in [5.74, 6) is 0.0329. The smallest absolute Gasteiger partial charge is 0.165 e. The van der Waals surface area contributed by atoms with E-state index in [-0.39, 0.29) is 12.4 Å². The van der Waals surface area contributed by atoms with Crippen LogP contribution in [0.15, 0.2) is 48.8 Å². The van der Waals surface area contributed by atoms with E-state index < -0.39 is 0 Å². The molecular formula is C17H21BrFNO2. The highest BCUT2D eigenvalue weighted by molar-refractivity contribution is 9.09. The number of alkyl halides is 1. The van der Waals surface area contributed by atoms with Gasteiger partial charge in [0.2, 0.25) is 0 Å². The van der Waals surface area contributed by atoms with Crippen LogP contribution in [0.4, 0.5) is 4.39 Å². The molecule has 0 saturated carbocycles. The van der Waals surface area contributed by atoms with Crippen molar-refractivity contribution in [2.24, 2.45) is 0 Å². The zero-order valence-electron chi connectivity index (χ0n) is 12.4. The quantitative estimate of drug-likeness (QED) is 0.592. The van der Waals surface area contributed by atoms with E-state index in [1.807, 2.05) is 18.3 Å². The van der Waals surface area contributed by atoms with E-state index in [1.165, 1.54) is 11.6 Å². The van der Waals surface area contributed by atoms with Gasteiger partial charge in [-0.1, -0.05) is 34.1 Å². The predicted molar refractivity (Wildman–Crippen MR) is 89.9 cm³/mol. The Morgan fingerprint density at radius 2 is 1.95 bits per heavy atom. The van der Waals surface area contributed by atoms with Crippen molar-refractivity contribution in [1.29, 1.82) is 0 Å². The largest absolute Gasteiger partial charge is 0.490 e. The summed E-state index contributed by atoms with van der Waals surface area (Å²) in [6, 6.07) is 10.3. The lowest BCUT2D eigenvalue weighted by molar-refractivity contribution is 0.288. The number of aryl methyl sites for hydroxylation is 1. The average molecular weight is 370 g/mol. The number of halogens is 2. The number of aliphatic hydroxyl groups is 1. The van der Waals surface area contributed by atoms with Gasteiger partial charge in [-0.3, -0.25) is 4.98 Å². The molecule has 0 amide bonds. The molecule has 1 aromatic heterocycles. The molecule has 22 heavy (non-hydrogen) atoms. The maximum Gasteiger partial charge on any atom is 0.165 e. The van der Waals surface area contributed by atoms with Gasteiger partial charge in [0, 0.05) is 24.3 Å². The van der Waals surface area contributed by atoms with E-state index in [9.17, 15) is 4.39 Å². The maximum absolute atomic E-state index is 12.9. The minimum atomic E-state index is -0.299. The molecule has 2 aromatic rings. The third kappa shape index (κ3) is 8.10. The summed E-state index contributed by atoms with van der Waals surface area (Å²) in [6.07, 6.45) is 6.21. The SMILES string of the molecule is Fc1ccccc1OCCCBr.OCCCc1cccnc1. The summed E-state index contributed by atoms with van der Waals surface area (Å²) in [5, 5.41) is 9.38. The van der Waals surface area contributed by atoms with Gasteiger partial charge >= 0.3 is 0 Å². The van der Waals surface area contributed by atoms with Gasteiger partial charge in [0.1, 0.15) is 0 Å². The third-order valence-corrected chi connectivity index (χ3v) is 3.28. The summed E-state index contributed by atoms with van der Waals surface area (Å²) in [5.41, 5.74) is 1.19. The molecule has 0 aliphatic heterocycles. The highest BCUT2D eigenvalue weighted by Crippen LogP contribution is 2.15. The first-order chi connectivity index (χ1) is 10.8. The number of benzene rings is 1. The number of hydrogen-bond donors (Lipinski definition) is 1.